The SMILES string of the molecule is CCOc1ccccc1C(C)NC1CC(O)C1. The first-order valence-corrected chi connectivity index (χ1v) is 6.36. The van der Waals surface area contributed by atoms with Crippen LogP contribution in [0.5, 0.6) is 5.75 Å². The molecular weight excluding hydrogens is 214 g/mol. The van der Waals surface area contributed by atoms with Crippen LogP contribution >= 0.6 is 0 Å². The molecule has 0 heterocycles. The number of hydrogen-bond acceptors (Lipinski definition) is 3. The highest BCUT2D eigenvalue weighted by Crippen LogP contribution is 2.28. The van der Waals surface area contributed by atoms with Gasteiger partial charge in [0.25, 0.3) is 0 Å². The molecule has 2 rings (SSSR count). The third-order valence-corrected chi connectivity index (χ3v) is 3.28. The zero-order chi connectivity index (χ0) is 12.3. The van der Waals surface area contributed by atoms with Crippen LogP contribution in [-0.2, 0) is 0 Å². The Balaban J connectivity index is 1.99. The summed E-state index contributed by atoms with van der Waals surface area (Å²) in [5, 5.41) is 12.8. The van der Waals surface area contributed by atoms with Crippen LogP contribution in [-0.4, -0.2) is 23.9 Å². The van der Waals surface area contributed by atoms with Crippen molar-refractivity contribution in [2.75, 3.05) is 6.61 Å². The van der Waals surface area contributed by atoms with Gasteiger partial charge in [0.2, 0.25) is 0 Å². The minimum Gasteiger partial charge on any atom is -0.494 e. The molecule has 1 aliphatic rings. The van der Waals surface area contributed by atoms with Gasteiger partial charge >= 0.3 is 0 Å². The van der Waals surface area contributed by atoms with Crippen LogP contribution in [0.2, 0.25) is 0 Å². The number of nitrogens with one attached hydrogen (secondary N) is 1. The zero-order valence-corrected chi connectivity index (χ0v) is 10.5. The summed E-state index contributed by atoms with van der Waals surface area (Å²) in [6.45, 7) is 4.82. The number of benzene rings is 1. The molecule has 1 atom stereocenters. The van der Waals surface area contributed by atoms with E-state index in [0.717, 1.165) is 18.6 Å². The lowest BCUT2D eigenvalue weighted by molar-refractivity contribution is 0.0584. The van der Waals surface area contributed by atoms with Crippen molar-refractivity contribution < 1.29 is 9.84 Å². The fourth-order valence-corrected chi connectivity index (χ4v) is 2.29. The van der Waals surface area contributed by atoms with E-state index in [1.807, 2.05) is 25.1 Å². The second-order valence-corrected chi connectivity index (χ2v) is 4.68. The number of para-hydroxylation sites is 1. The molecule has 0 amide bonds. The van der Waals surface area contributed by atoms with Gasteiger partial charge in [-0.05, 0) is 32.8 Å². The van der Waals surface area contributed by atoms with E-state index in [4.69, 9.17) is 4.74 Å². The maximum atomic E-state index is 9.28. The number of aliphatic hydroxyl groups is 1. The van der Waals surface area contributed by atoms with Crippen molar-refractivity contribution in [2.45, 2.75) is 44.9 Å². The van der Waals surface area contributed by atoms with Crippen molar-refractivity contribution in [3.8, 4) is 5.75 Å². The molecule has 0 aliphatic heterocycles. The standard InChI is InChI=1S/C14H21NO2/c1-3-17-14-7-5-4-6-13(14)10(2)15-11-8-12(16)9-11/h4-7,10-12,15-16H,3,8-9H2,1-2H3. The minimum absolute atomic E-state index is 0.109. The predicted octanol–water partition coefficient (Wildman–Crippen LogP) is 2.26. The van der Waals surface area contributed by atoms with Crippen molar-refractivity contribution >= 4 is 0 Å². The highest BCUT2D eigenvalue weighted by atomic mass is 16.5. The molecular formula is C14H21NO2. The Labute approximate surface area is 103 Å². The highest BCUT2D eigenvalue weighted by molar-refractivity contribution is 5.35. The predicted molar refractivity (Wildman–Crippen MR) is 68.2 cm³/mol. The van der Waals surface area contributed by atoms with E-state index < -0.39 is 0 Å². The lowest BCUT2D eigenvalue weighted by Crippen LogP contribution is -2.45. The molecule has 3 nitrogen and oxygen atoms in total. The van der Waals surface area contributed by atoms with Crippen LogP contribution in [0.3, 0.4) is 0 Å². The van der Waals surface area contributed by atoms with Crippen molar-refractivity contribution in [1.29, 1.82) is 0 Å². The Hall–Kier alpha value is -1.06. The summed E-state index contributed by atoms with van der Waals surface area (Å²) < 4.78 is 5.62. The maximum absolute atomic E-state index is 9.28. The fourth-order valence-electron chi connectivity index (χ4n) is 2.29. The van der Waals surface area contributed by atoms with E-state index in [2.05, 4.69) is 18.3 Å². The summed E-state index contributed by atoms with van der Waals surface area (Å²) in [5.74, 6) is 0.954. The highest BCUT2D eigenvalue weighted by Gasteiger charge is 2.28. The molecule has 17 heavy (non-hydrogen) atoms. The molecule has 0 spiro atoms. The summed E-state index contributed by atoms with van der Waals surface area (Å²) in [4.78, 5) is 0. The number of aliphatic hydroxyl groups excluding tert-OH is 1. The first-order chi connectivity index (χ1) is 8.20. The first-order valence-electron chi connectivity index (χ1n) is 6.36. The van der Waals surface area contributed by atoms with Crippen LogP contribution in [0.25, 0.3) is 0 Å². The molecule has 1 aromatic rings. The summed E-state index contributed by atoms with van der Waals surface area (Å²) in [6, 6.07) is 8.83. The van der Waals surface area contributed by atoms with E-state index in [1.54, 1.807) is 0 Å². The lowest BCUT2D eigenvalue weighted by atomic mass is 9.88. The second kappa shape index (κ2) is 5.52. The Morgan fingerprint density at radius 2 is 2.12 bits per heavy atom. The Morgan fingerprint density at radius 3 is 2.76 bits per heavy atom. The molecule has 0 bridgehead atoms. The van der Waals surface area contributed by atoms with Gasteiger partial charge in [0.05, 0.1) is 12.7 Å². The van der Waals surface area contributed by atoms with Crippen molar-refractivity contribution in [1.82, 2.24) is 5.32 Å². The number of hydrogen-bond donors (Lipinski definition) is 2. The number of rotatable bonds is 5. The van der Waals surface area contributed by atoms with Gasteiger partial charge in [0.1, 0.15) is 5.75 Å². The first kappa shape index (κ1) is 12.4. The molecule has 3 heteroatoms. The Kier molecular flexibility index (Phi) is 4.02. The van der Waals surface area contributed by atoms with Gasteiger partial charge in [0.15, 0.2) is 0 Å². The summed E-state index contributed by atoms with van der Waals surface area (Å²) in [7, 11) is 0. The average Bonchev–Trinajstić information content (AvgIpc) is 2.28. The van der Waals surface area contributed by atoms with Crippen LogP contribution < -0.4 is 10.1 Å². The average molecular weight is 235 g/mol. The maximum Gasteiger partial charge on any atom is 0.124 e. The van der Waals surface area contributed by atoms with Crippen LogP contribution in [0.15, 0.2) is 24.3 Å². The van der Waals surface area contributed by atoms with E-state index in [1.165, 1.54) is 5.56 Å². The molecule has 1 aromatic carbocycles. The van der Waals surface area contributed by atoms with Gasteiger partial charge in [-0.15, -0.1) is 0 Å². The number of ether oxygens (including phenoxy) is 1. The normalized spacial score (nSPS) is 25.1. The van der Waals surface area contributed by atoms with Gasteiger partial charge < -0.3 is 15.2 Å². The molecule has 2 N–H and O–H groups in total. The molecule has 0 radical (unpaired) electrons. The Bertz CT molecular complexity index is 361. The molecule has 1 aliphatic carbocycles. The molecule has 0 saturated heterocycles. The topological polar surface area (TPSA) is 41.5 Å². The fraction of sp³-hybridized carbons (Fsp3) is 0.571. The zero-order valence-electron chi connectivity index (χ0n) is 10.5. The molecule has 0 aromatic heterocycles. The largest absolute Gasteiger partial charge is 0.494 e. The summed E-state index contributed by atoms with van der Waals surface area (Å²) >= 11 is 0. The summed E-state index contributed by atoms with van der Waals surface area (Å²) in [6.07, 6.45) is 1.62. The van der Waals surface area contributed by atoms with Gasteiger partial charge in [-0.2, -0.15) is 0 Å². The third-order valence-electron chi connectivity index (χ3n) is 3.28. The van der Waals surface area contributed by atoms with Crippen molar-refractivity contribution in [3.05, 3.63) is 29.8 Å². The Morgan fingerprint density at radius 1 is 1.41 bits per heavy atom. The smallest absolute Gasteiger partial charge is 0.124 e. The van der Waals surface area contributed by atoms with E-state index in [-0.39, 0.29) is 12.1 Å². The molecule has 1 fully saturated rings. The van der Waals surface area contributed by atoms with Crippen LogP contribution in [0, 0.1) is 0 Å². The molecule has 94 valence electrons. The van der Waals surface area contributed by atoms with Crippen LogP contribution in [0.4, 0.5) is 0 Å². The van der Waals surface area contributed by atoms with Gasteiger partial charge in [-0.1, -0.05) is 18.2 Å². The van der Waals surface area contributed by atoms with Gasteiger partial charge in [0, 0.05) is 17.6 Å². The lowest BCUT2D eigenvalue weighted by Gasteiger charge is -2.34. The van der Waals surface area contributed by atoms with Crippen molar-refractivity contribution in [3.63, 3.8) is 0 Å². The van der Waals surface area contributed by atoms with Gasteiger partial charge in [-0.25, -0.2) is 0 Å². The van der Waals surface area contributed by atoms with E-state index >= 15 is 0 Å². The third kappa shape index (κ3) is 2.99. The minimum atomic E-state index is -0.109. The molecule has 1 unspecified atom stereocenters. The van der Waals surface area contributed by atoms with E-state index in [9.17, 15) is 5.11 Å². The second-order valence-electron chi connectivity index (χ2n) is 4.68. The quantitative estimate of drug-likeness (QED) is 0.822. The van der Waals surface area contributed by atoms with Crippen molar-refractivity contribution in [2.24, 2.45) is 0 Å². The van der Waals surface area contributed by atoms with E-state index in [0.29, 0.717) is 12.6 Å². The van der Waals surface area contributed by atoms with Gasteiger partial charge in [-0.3, -0.25) is 0 Å². The monoisotopic (exact) mass is 235 g/mol. The summed E-state index contributed by atoms with van der Waals surface area (Å²) in [5.41, 5.74) is 1.19. The van der Waals surface area contributed by atoms with Crippen LogP contribution in [0.1, 0.15) is 38.3 Å². The molecule has 1 saturated carbocycles.